The van der Waals surface area contributed by atoms with Gasteiger partial charge >= 0.3 is 5.97 Å². The molecule has 5 heteroatoms. The van der Waals surface area contributed by atoms with E-state index in [4.69, 9.17) is 5.11 Å². The Balaban J connectivity index is 3.60. The largest absolute Gasteiger partial charge is 0.480 e. The molecule has 0 aliphatic rings. The minimum absolute atomic E-state index is 0.293. The molecule has 0 aromatic heterocycles. The molecule has 0 saturated heterocycles. The van der Waals surface area contributed by atoms with Gasteiger partial charge in [-0.3, -0.25) is 4.79 Å². The molecule has 0 aromatic carbocycles. The molecule has 0 bridgehead atoms. The van der Waals surface area contributed by atoms with Crippen LogP contribution in [0.15, 0.2) is 0 Å². The summed E-state index contributed by atoms with van der Waals surface area (Å²) in [4.78, 5) is 21.5. The van der Waals surface area contributed by atoms with Crippen LogP contribution in [-0.2, 0) is 9.59 Å². The van der Waals surface area contributed by atoms with E-state index >= 15 is 0 Å². The van der Waals surface area contributed by atoms with E-state index in [-0.39, 0.29) is 5.91 Å². The van der Waals surface area contributed by atoms with Crippen molar-refractivity contribution in [1.82, 2.24) is 5.32 Å². The minimum atomic E-state index is -0.962. The molecule has 1 atom stereocenters. The molecule has 0 rings (SSSR count). The second-order valence-corrected chi connectivity index (χ2v) is 4.88. The van der Waals surface area contributed by atoms with Crippen LogP contribution < -0.4 is 5.32 Å². The zero-order valence-corrected chi connectivity index (χ0v) is 10.8. The lowest BCUT2D eigenvalue weighted by molar-refractivity contribution is -0.140. The first-order valence-electron chi connectivity index (χ1n) is 5.65. The van der Waals surface area contributed by atoms with Crippen molar-refractivity contribution in [2.45, 2.75) is 45.6 Å². The number of nitrogens with one attached hydrogen (secondary N) is 1. The molecule has 2 N–H and O–H groups in total. The summed E-state index contributed by atoms with van der Waals surface area (Å²) in [5, 5.41) is 11.3. The van der Waals surface area contributed by atoms with Gasteiger partial charge in [-0.25, -0.2) is 4.79 Å². The summed E-state index contributed by atoms with van der Waals surface area (Å²) in [5.74, 6) is 0.153. The quantitative estimate of drug-likeness (QED) is 0.611. The number of unbranched alkanes of at least 4 members (excludes halogenated alkanes) is 3. The van der Waals surface area contributed by atoms with Crippen molar-refractivity contribution >= 4 is 23.6 Å². The maximum atomic E-state index is 10.8. The van der Waals surface area contributed by atoms with Gasteiger partial charge < -0.3 is 10.4 Å². The number of hydrogen-bond acceptors (Lipinski definition) is 3. The summed E-state index contributed by atoms with van der Waals surface area (Å²) < 4.78 is 0. The number of thioether (sulfide) groups is 1. The highest BCUT2D eigenvalue weighted by Crippen LogP contribution is 2.09. The summed E-state index contributed by atoms with van der Waals surface area (Å²) in [7, 11) is 0. The van der Waals surface area contributed by atoms with Crippen molar-refractivity contribution in [1.29, 1.82) is 0 Å². The zero-order chi connectivity index (χ0) is 12.4. The highest BCUT2D eigenvalue weighted by molar-refractivity contribution is 7.99. The van der Waals surface area contributed by atoms with Crippen LogP contribution in [0.4, 0.5) is 0 Å². The van der Waals surface area contributed by atoms with E-state index in [2.05, 4.69) is 12.2 Å². The topological polar surface area (TPSA) is 66.4 Å². The predicted molar refractivity (Wildman–Crippen MR) is 66.7 cm³/mol. The summed E-state index contributed by atoms with van der Waals surface area (Å²) in [6.45, 7) is 3.49. The smallest absolute Gasteiger partial charge is 0.327 e. The summed E-state index contributed by atoms with van der Waals surface area (Å²) in [6.07, 6.45) is 4.75. The van der Waals surface area contributed by atoms with E-state index in [1.165, 1.54) is 26.2 Å². The van der Waals surface area contributed by atoms with Crippen LogP contribution in [0.3, 0.4) is 0 Å². The fourth-order valence-corrected chi connectivity index (χ4v) is 2.29. The van der Waals surface area contributed by atoms with Gasteiger partial charge in [0.25, 0.3) is 0 Å². The first-order chi connectivity index (χ1) is 7.57. The number of aliphatic carboxylic acids is 1. The van der Waals surface area contributed by atoms with Crippen LogP contribution in [0.25, 0.3) is 0 Å². The number of carboxylic acids is 1. The Hall–Kier alpha value is -0.710. The van der Waals surface area contributed by atoms with Crippen LogP contribution in [0, 0.1) is 0 Å². The minimum Gasteiger partial charge on any atom is -0.480 e. The second kappa shape index (κ2) is 9.51. The van der Waals surface area contributed by atoms with Crippen LogP contribution in [0.5, 0.6) is 0 Å². The Morgan fingerprint density at radius 2 is 2.00 bits per heavy atom. The predicted octanol–water partition coefficient (Wildman–Crippen LogP) is 1.89. The Kier molecular flexibility index (Phi) is 9.09. The van der Waals surface area contributed by atoms with Crippen molar-refractivity contribution in [2.24, 2.45) is 0 Å². The van der Waals surface area contributed by atoms with Gasteiger partial charge in [-0.05, 0) is 12.2 Å². The maximum Gasteiger partial charge on any atom is 0.327 e. The highest BCUT2D eigenvalue weighted by atomic mass is 32.2. The Labute approximate surface area is 101 Å². The third-order valence-corrected chi connectivity index (χ3v) is 3.25. The normalized spacial score (nSPS) is 12.1. The van der Waals surface area contributed by atoms with Gasteiger partial charge in [-0.15, -0.1) is 0 Å². The zero-order valence-electron chi connectivity index (χ0n) is 9.99. The van der Waals surface area contributed by atoms with Crippen molar-refractivity contribution in [3.8, 4) is 0 Å². The molecule has 0 fully saturated rings. The molecular weight excluding hydrogens is 226 g/mol. The molecule has 0 saturated carbocycles. The monoisotopic (exact) mass is 247 g/mol. The van der Waals surface area contributed by atoms with Gasteiger partial charge in [0, 0.05) is 12.7 Å². The van der Waals surface area contributed by atoms with Crippen molar-refractivity contribution in [3.05, 3.63) is 0 Å². The van der Waals surface area contributed by atoms with Gasteiger partial charge in [0.2, 0.25) is 5.91 Å². The lowest BCUT2D eigenvalue weighted by atomic mass is 10.2. The summed E-state index contributed by atoms with van der Waals surface area (Å²) >= 11 is 1.59. The Morgan fingerprint density at radius 1 is 1.31 bits per heavy atom. The van der Waals surface area contributed by atoms with Crippen LogP contribution in [0.2, 0.25) is 0 Å². The Morgan fingerprint density at radius 3 is 2.50 bits per heavy atom. The van der Waals surface area contributed by atoms with E-state index in [1.54, 1.807) is 11.8 Å². The number of carboxylic acid groups (broad SMARTS) is 1. The van der Waals surface area contributed by atoms with Crippen molar-refractivity contribution in [2.75, 3.05) is 11.5 Å². The third-order valence-electron chi connectivity index (χ3n) is 2.10. The summed E-state index contributed by atoms with van der Waals surface area (Å²) in [5.41, 5.74) is 0. The molecule has 1 unspecified atom stereocenters. The number of carbonyl (C=O) groups excluding carboxylic acids is 1. The van der Waals surface area contributed by atoms with Gasteiger partial charge in [0.1, 0.15) is 6.04 Å². The summed E-state index contributed by atoms with van der Waals surface area (Å²) in [6, 6.07) is -0.756. The molecule has 0 aromatic rings. The van der Waals surface area contributed by atoms with Crippen LogP contribution in [0.1, 0.15) is 39.5 Å². The van der Waals surface area contributed by atoms with Gasteiger partial charge in [0.15, 0.2) is 0 Å². The van der Waals surface area contributed by atoms with Gasteiger partial charge in [-0.1, -0.05) is 26.2 Å². The molecule has 0 aliphatic carbocycles. The average molecular weight is 247 g/mol. The van der Waals surface area contributed by atoms with Crippen LogP contribution >= 0.6 is 11.8 Å². The average Bonchev–Trinajstić information content (AvgIpc) is 2.20. The fourth-order valence-electron chi connectivity index (χ4n) is 1.25. The van der Waals surface area contributed by atoms with E-state index < -0.39 is 12.0 Å². The van der Waals surface area contributed by atoms with Crippen LogP contribution in [-0.4, -0.2) is 34.5 Å². The lowest BCUT2D eigenvalue weighted by Gasteiger charge is -2.12. The molecule has 4 nitrogen and oxygen atoms in total. The van der Waals surface area contributed by atoms with E-state index in [1.807, 2.05) is 0 Å². The molecule has 0 spiro atoms. The fraction of sp³-hybridized carbons (Fsp3) is 0.818. The number of rotatable bonds is 9. The number of amides is 1. The lowest BCUT2D eigenvalue weighted by Crippen LogP contribution is -2.41. The molecule has 1 amide bonds. The first-order valence-corrected chi connectivity index (χ1v) is 6.81. The SMILES string of the molecule is CCCCCCSCC(NC(C)=O)C(=O)O. The maximum absolute atomic E-state index is 10.8. The molecule has 0 heterocycles. The number of carbonyl (C=O) groups is 2. The van der Waals surface area contributed by atoms with E-state index in [0.29, 0.717) is 5.75 Å². The first kappa shape index (κ1) is 15.3. The van der Waals surface area contributed by atoms with Gasteiger partial charge in [0.05, 0.1) is 0 Å². The van der Waals surface area contributed by atoms with E-state index in [9.17, 15) is 9.59 Å². The highest BCUT2D eigenvalue weighted by Gasteiger charge is 2.17. The third kappa shape index (κ3) is 8.59. The molecule has 0 aliphatic heterocycles. The standard InChI is InChI=1S/C11H21NO3S/c1-3-4-5-6-7-16-8-10(11(14)15)12-9(2)13/h10H,3-8H2,1-2H3,(H,12,13)(H,14,15). The second-order valence-electron chi connectivity index (χ2n) is 3.73. The molecular formula is C11H21NO3S. The molecule has 94 valence electrons. The van der Waals surface area contributed by atoms with Crippen molar-refractivity contribution < 1.29 is 14.7 Å². The van der Waals surface area contributed by atoms with Gasteiger partial charge in [-0.2, -0.15) is 11.8 Å². The van der Waals surface area contributed by atoms with Crippen molar-refractivity contribution in [3.63, 3.8) is 0 Å². The number of hydrogen-bond donors (Lipinski definition) is 2. The van der Waals surface area contributed by atoms with E-state index in [0.717, 1.165) is 12.2 Å². The Bertz CT molecular complexity index is 221. The molecule has 16 heavy (non-hydrogen) atoms. The molecule has 0 radical (unpaired) electrons.